The highest BCUT2D eigenvalue weighted by Crippen LogP contribution is 2.27. The normalized spacial score (nSPS) is 10.7. The molecule has 102 valence electrons. The number of nitrogens with zero attached hydrogens (tertiary/aromatic N) is 1. The number of fused-ring (bicyclic) bond motifs is 1. The maximum absolute atomic E-state index is 5.73. The van der Waals surface area contributed by atoms with Gasteiger partial charge in [0.2, 0.25) is 5.95 Å². The number of nitrogens with one attached hydrogen (secondary N) is 2. The molecule has 0 aliphatic carbocycles. The Balaban J connectivity index is 1.86. The number of imidazole rings is 1. The average Bonchev–Trinajstić information content (AvgIpc) is 2.88. The molecular formula is C16H17N3O. The van der Waals surface area contributed by atoms with Gasteiger partial charge in [0.1, 0.15) is 5.75 Å². The molecular weight excluding hydrogens is 250 g/mol. The number of aromatic nitrogens is 2. The predicted octanol–water partition coefficient (Wildman–Crippen LogP) is 4.10. The number of para-hydroxylation sites is 4. The van der Waals surface area contributed by atoms with E-state index < -0.39 is 0 Å². The van der Waals surface area contributed by atoms with Gasteiger partial charge in [0.25, 0.3) is 0 Å². The monoisotopic (exact) mass is 267 g/mol. The van der Waals surface area contributed by atoms with Crippen molar-refractivity contribution >= 4 is 22.7 Å². The van der Waals surface area contributed by atoms with E-state index in [1.807, 2.05) is 48.5 Å². The Morgan fingerprint density at radius 3 is 2.75 bits per heavy atom. The zero-order chi connectivity index (χ0) is 13.8. The summed E-state index contributed by atoms with van der Waals surface area (Å²) in [5.41, 5.74) is 2.88. The van der Waals surface area contributed by atoms with Crippen molar-refractivity contribution in [2.45, 2.75) is 13.3 Å². The molecule has 0 bridgehead atoms. The van der Waals surface area contributed by atoms with Crippen LogP contribution in [-0.2, 0) is 0 Å². The molecule has 0 aliphatic heterocycles. The minimum absolute atomic E-state index is 0.707. The molecule has 0 spiro atoms. The van der Waals surface area contributed by atoms with Crippen molar-refractivity contribution < 1.29 is 4.74 Å². The third-order valence-corrected chi connectivity index (χ3v) is 2.99. The molecule has 0 saturated heterocycles. The lowest BCUT2D eigenvalue weighted by molar-refractivity contribution is 0.319. The molecule has 0 aliphatic rings. The van der Waals surface area contributed by atoms with Gasteiger partial charge in [-0.2, -0.15) is 0 Å². The van der Waals surface area contributed by atoms with E-state index in [4.69, 9.17) is 4.74 Å². The van der Waals surface area contributed by atoms with Gasteiger partial charge in [0.05, 0.1) is 23.3 Å². The van der Waals surface area contributed by atoms with E-state index >= 15 is 0 Å². The minimum Gasteiger partial charge on any atom is -0.491 e. The van der Waals surface area contributed by atoms with E-state index in [1.54, 1.807) is 0 Å². The van der Waals surface area contributed by atoms with E-state index in [9.17, 15) is 0 Å². The number of hydrogen-bond acceptors (Lipinski definition) is 3. The lowest BCUT2D eigenvalue weighted by atomic mass is 10.3. The fourth-order valence-corrected chi connectivity index (χ4v) is 2.05. The van der Waals surface area contributed by atoms with Gasteiger partial charge in [-0.15, -0.1) is 0 Å². The van der Waals surface area contributed by atoms with E-state index in [2.05, 4.69) is 22.2 Å². The number of benzene rings is 2. The number of ether oxygens (including phenoxy) is 1. The molecule has 4 nitrogen and oxygen atoms in total. The van der Waals surface area contributed by atoms with Gasteiger partial charge < -0.3 is 15.0 Å². The van der Waals surface area contributed by atoms with Crippen LogP contribution in [0.2, 0.25) is 0 Å². The van der Waals surface area contributed by atoms with Crippen LogP contribution in [0.15, 0.2) is 48.5 Å². The standard InChI is InChI=1S/C16H17N3O/c1-2-11-20-15-10-6-5-9-14(15)19-16-17-12-7-3-4-8-13(12)18-16/h3-10H,2,11H2,1H3,(H2,17,18,19). The number of aromatic amines is 1. The molecule has 0 radical (unpaired) electrons. The van der Waals surface area contributed by atoms with E-state index in [0.29, 0.717) is 6.61 Å². The van der Waals surface area contributed by atoms with Crippen LogP contribution in [0, 0.1) is 0 Å². The zero-order valence-corrected chi connectivity index (χ0v) is 11.4. The molecule has 2 aromatic carbocycles. The Morgan fingerprint density at radius 2 is 1.90 bits per heavy atom. The number of hydrogen-bond donors (Lipinski definition) is 2. The summed E-state index contributed by atoms with van der Waals surface area (Å²) < 4.78 is 5.73. The van der Waals surface area contributed by atoms with Gasteiger partial charge in [-0.25, -0.2) is 4.98 Å². The molecule has 0 atom stereocenters. The van der Waals surface area contributed by atoms with E-state index in [0.717, 1.165) is 34.8 Å². The third-order valence-electron chi connectivity index (χ3n) is 2.99. The second-order valence-electron chi connectivity index (χ2n) is 4.57. The number of H-pyrrole nitrogens is 1. The van der Waals surface area contributed by atoms with Gasteiger partial charge in [0, 0.05) is 0 Å². The van der Waals surface area contributed by atoms with Gasteiger partial charge in [-0.05, 0) is 30.7 Å². The second kappa shape index (κ2) is 5.65. The van der Waals surface area contributed by atoms with Crippen LogP contribution in [0.4, 0.5) is 11.6 Å². The lowest BCUT2D eigenvalue weighted by Gasteiger charge is -2.10. The van der Waals surface area contributed by atoms with Gasteiger partial charge in [-0.1, -0.05) is 31.2 Å². The Bertz CT molecular complexity index is 673. The van der Waals surface area contributed by atoms with E-state index in [1.165, 1.54) is 0 Å². The van der Waals surface area contributed by atoms with Crippen LogP contribution < -0.4 is 10.1 Å². The molecule has 1 heterocycles. The quantitative estimate of drug-likeness (QED) is 0.732. The molecule has 20 heavy (non-hydrogen) atoms. The van der Waals surface area contributed by atoms with Crippen molar-refractivity contribution in [1.82, 2.24) is 9.97 Å². The predicted molar refractivity (Wildman–Crippen MR) is 81.6 cm³/mol. The van der Waals surface area contributed by atoms with Crippen LogP contribution >= 0.6 is 0 Å². The van der Waals surface area contributed by atoms with Crippen molar-refractivity contribution in [2.24, 2.45) is 0 Å². The summed E-state index contributed by atoms with van der Waals surface area (Å²) in [6.07, 6.45) is 0.985. The third kappa shape index (κ3) is 2.59. The van der Waals surface area contributed by atoms with Gasteiger partial charge >= 0.3 is 0 Å². The van der Waals surface area contributed by atoms with Crippen LogP contribution in [0.5, 0.6) is 5.75 Å². The summed E-state index contributed by atoms with van der Waals surface area (Å²) in [7, 11) is 0. The van der Waals surface area contributed by atoms with Gasteiger partial charge in [-0.3, -0.25) is 0 Å². The summed E-state index contributed by atoms with van der Waals surface area (Å²) in [5.74, 6) is 1.56. The molecule has 0 fully saturated rings. The smallest absolute Gasteiger partial charge is 0.205 e. The molecule has 0 unspecified atom stereocenters. The van der Waals surface area contributed by atoms with Crippen molar-refractivity contribution in [2.75, 3.05) is 11.9 Å². The van der Waals surface area contributed by atoms with Crippen molar-refractivity contribution in [1.29, 1.82) is 0 Å². The first-order valence-electron chi connectivity index (χ1n) is 6.80. The highest BCUT2D eigenvalue weighted by molar-refractivity contribution is 5.78. The fraction of sp³-hybridized carbons (Fsp3) is 0.188. The largest absolute Gasteiger partial charge is 0.491 e. The summed E-state index contributed by atoms with van der Waals surface area (Å²) in [5, 5.41) is 3.28. The summed E-state index contributed by atoms with van der Waals surface area (Å²) in [4.78, 5) is 7.76. The van der Waals surface area contributed by atoms with Gasteiger partial charge in [0.15, 0.2) is 0 Å². The van der Waals surface area contributed by atoms with Crippen LogP contribution in [0.3, 0.4) is 0 Å². The van der Waals surface area contributed by atoms with Crippen molar-refractivity contribution in [3.63, 3.8) is 0 Å². The first kappa shape index (κ1) is 12.5. The fourth-order valence-electron chi connectivity index (χ4n) is 2.05. The first-order chi connectivity index (χ1) is 9.86. The summed E-state index contributed by atoms with van der Waals surface area (Å²) in [6.45, 7) is 2.80. The first-order valence-corrected chi connectivity index (χ1v) is 6.80. The van der Waals surface area contributed by atoms with Crippen LogP contribution in [-0.4, -0.2) is 16.6 Å². The molecule has 3 rings (SSSR count). The lowest BCUT2D eigenvalue weighted by Crippen LogP contribution is -2.00. The molecule has 0 saturated carbocycles. The molecule has 3 aromatic rings. The average molecular weight is 267 g/mol. The van der Waals surface area contributed by atoms with Crippen molar-refractivity contribution in [3.05, 3.63) is 48.5 Å². The Kier molecular flexibility index (Phi) is 3.54. The second-order valence-corrected chi connectivity index (χ2v) is 4.57. The highest BCUT2D eigenvalue weighted by Gasteiger charge is 2.06. The molecule has 4 heteroatoms. The molecule has 0 amide bonds. The Labute approximate surface area is 117 Å². The van der Waals surface area contributed by atoms with Crippen molar-refractivity contribution in [3.8, 4) is 5.75 Å². The SMILES string of the molecule is CCCOc1ccccc1Nc1nc2ccccc2[nH]1. The summed E-state index contributed by atoms with van der Waals surface area (Å²) >= 11 is 0. The Hall–Kier alpha value is -2.49. The summed E-state index contributed by atoms with van der Waals surface area (Å²) in [6, 6.07) is 15.8. The number of anilines is 2. The maximum atomic E-state index is 5.73. The minimum atomic E-state index is 0.707. The molecule has 1 aromatic heterocycles. The molecule has 2 N–H and O–H groups in total. The highest BCUT2D eigenvalue weighted by atomic mass is 16.5. The van der Waals surface area contributed by atoms with Crippen LogP contribution in [0.25, 0.3) is 11.0 Å². The zero-order valence-electron chi connectivity index (χ0n) is 11.4. The number of rotatable bonds is 5. The Morgan fingerprint density at radius 1 is 1.10 bits per heavy atom. The van der Waals surface area contributed by atoms with E-state index in [-0.39, 0.29) is 0 Å². The van der Waals surface area contributed by atoms with Crippen LogP contribution in [0.1, 0.15) is 13.3 Å². The maximum Gasteiger partial charge on any atom is 0.205 e. The topological polar surface area (TPSA) is 49.9 Å².